The number of carbonyl (C=O) groups is 1. The number of nitrogens with one attached hydrogen (secondary N) is 1. The van der Waals surface area contributed by atoms with Crippen molar-refractivity contribution in [3.05, 3.63) is 70.5 Å². The van der Waals surface area contributed by atoms with Crippen LogP contribution in [0.25, 0.3) is 5.69 Å². The van der Waals surface area contributed by atoms with Crippen molar-refractivity contribution in [1.29, 1.82) is 0 Å². The summed E-state index contributed by atoms with van der Waals surface area (Å²) in [5, 5.41) is 7.73. The molecular weight excluding hydrogens is 402 g/mol. The van der Waals surface area contributed by atoms with E-state index in [1.165, 1.54) is 0 Å². The summed E-state index contributed by atoms with van der Waals surface area (Å²) in [6.07, 6.45) is 0. The van der Waals surface area contributed by atoms with Gasteiger partial charge in [-0.15, -0.1) is 0 Å². The molecule has 0 saturated heterocycles. The van der Waals surface area contributed by atoms with Crippen molar-refractivity contribution in [1.82, 2.24) is 15.1 Å². The number of para-hydroxylation sites is 1. The van der Waals surface area contributed by atoms with Gasteiger partial charge in [-0.2, -0.15) is 5.10 Å². The standard InChI is InChI=1S/C23H26ClN3O3/c1-5-29-19-13-12-17(14-20(19)30-6-2)15(3)25-23(28)21-16(4)26-27(22(21)24)18-10-8-7-9-11-18/h7-15H,5-6H2,1-4H3,(H,25,28). The first kappa shape index (κ1) is 21.7. The quantitative estimate of drug-likeness (QED) is 0.541. The summed E-state index contributed by atoms with van der Waals surface area (Å²) in [4.78, 5) is 13.0. The first-order chi connectivity index (χ1) is 14.5. The van der Waals surface area contributed by atoms with Crippen LogP contribution in [0.3, 0.4) is 0 Å². The molecule has 0 spiro atoms. The molecule has 30 heavy (non-hydrogen) atoms. The van der Waals surface area contributed by atoms with E-state index in [2.05, 4.69) is 10.4 Å². The fraction of sp³-hybridized carbons (Fsp3) is 0.304. The molecule has 0 fully saturated rings. The van der Waals surface area contributed by atoms with Gasteiger partial charge in [0.2, 0.25) is 0 Å². The topological polar surface area (TPSA) is 65.4 Å². The minimum Gasteiger partial charge on any atom is -0.490 e. The largest absolute Gasteiger partial charge is 0.490 e. The molecule has 0 aliphatic heterocycles. The van der Waals surface area contributed by atoms with Crippen LogP contribution in [0.15, 0.2) is 48.5 Å². The Balaban J connectivity index is 1.83. The van der Waals surface area contributed by atoms with Gasteiger partial charge in [-0.1, -0.05) is 35.9 Å². The van der Waals surface area contributed by atoms with Gasteiger partial charge >= 0.3 is 0 Å². The number of benzene rings is 2. The predicted molar refractivity (Wildman–Crippen MR) is 118 cm³/mol. The van der Waals surface area contributed by atoms with Gasteiger partial charge in [-0.25, -0.2) is 4.68 Å². The highest BCUT2D eigenvalue weighted by atomic mass is 35.5. The minimum atomic E-state index is -0.279. The Morgan fingerprint density at radius 1 is 1.10 bits per heavy atom. The van der Waals surface area contributed by atoms with Crippen LogP contribution in [0.5, 0.6) is 11.5 Å². The van der Waals surface area contributed by atoms with Gasteiger partial charge in [0, 0.05) is 0 Å². The van der Waals surface area contributed by atoms with Crippen molar-refractivity contribution in [3.63, 3.8) is 0 Å². The lowest BCUT2D eigenvalue weighted by Gasteiger charge is -2.17. The van der Waals surface area contributed by atoms with Crippen molar-refractivity contribution in [2.24, 2.45) is 0 Å². The van der Waals surface area contributed by atoms with Gasteiger partial charge in [0.1, 0.15) is 5.15 Å². The molecule has 2 aromatic carbocycles. The van der Waals surface area contributed by atoms with Crippen LogP contribution in [0.1, 0.15) is 48.4 Å². The molecule has 1 amide bonds. The smallest absolute Gasteiger partial charge is 0.256 e. The molecule has 1 N–H and O–H groups in total. The molecule has 0 radical (unpaired) electrons. The molecular formula is C23H26ClN3O3. The number of carbonyl (C=O) groups excluding carboxylic acids is 1. The number of hydrogen-bond acceptors (Lipinski definition) is 4. The molecule has 6 nitrogen and oxygen atoms in total. The van der Waals surface area contributed by atoms with E-state index >= 15 is 0 Å². The van der Waals surface area contributed by atoms with Gasteiger partial charge in [0.25, 0.3) is 5.91 Å². The second-order valence-electron chi connectivity index (χ2n) is 6.77. The number of nitrogens with zero attached hydrogens (tertiary/aromatic N) is 2. The van der Waals surface area contributed by atoms with Crippen LogP contribution in [-0.4, -0.2) is 28.9 Å². The molecule has 0 saturated carbocycles. The van der Waals surface area contributed by atoms with E-state index in [-0.39, 0.29) is 17.1 Å². The maximum atomic E-state index is 13.0. The third-order valence-electron chi connectivity index (χ3n) is 4.65. The summed E-state index contributed by atoms with van der Waals surface area (Å²) in [6, 6.07) is 14.9. The normalized spacial score (nSPS) is 11.8. The highest BCUT2D eigenvalue weighted by Gasteiger charge is 2.23. The summed E-state index contributed by atoms with van der Waals surface area (Å²) in [7, 11) is 0. The SMILES string of the molecule is CCOc1ccc(C(C)NC(=O)c2c(C)nn(-c3ccccc3)c2Cl)cc1OCC. The number of amides is 1. The van der Waals surface area contributed by atoms with Crippen LogP contribution in [0.2, 0.25) is 5.15 Å². The lowest BCUT2D eigenvalue weighted by atomic mass is 10.1. The fourth-order valence-electron chi connectivity index (χ4n) is 3.19. The maximum absolute atomic E-state index is 13.0. The zero-order chi connectivity index (χ0) is 21.7. The molecule has 3 aromatic rings. The summed E-state index contributed by atoms with van der Waals surface area (Å²) in [6.45, 7) is 8.60. The molecule has 7 heteroatoms. The third-order valence-corrected chi connectivity index (χ3v) is 5.00. The number of hydrogen-bond donors (Lipinski definition) is 1. The van der Waals surface area contributed by atoms with Crippen molar-refractivity contribution in [3.8, 4) is 17.2 Å². The van der Waals surface area contributed by atoms with Crippen LogP contribution in [-0.2, 0) is 0 Å². The Morgan fingerprint density at radius 2 is 1.77 bits per heavy atom. The van der Waals surface area contributed by atoms with Crippen LogP contribution in [0.4, 0.5) is 0 Å². The Morgan fingerprint density at radius 3 is 2.43 bits per heavy atom. The summed E-state index contributed by atoms with van der Waals surface area (Å²) >= 11 is 6.51. The summed E-state index contributed by atoms with van der Waals surface area (Å²) < 4.78 is 12.9. The number of halogens is 1. The van der Waals surface area contributed by atoms with E-state index in [4.69, 9.17) is 21.1 Å². The van der Waals surface area contributed by atoms with Crippen molar-refractivity contribution < 1.29 is 14.3 Å². The second-order valence-corrected chi connectivity index (χ2v) is 7.12. The van der Waals surface area contributed by atoms with Crippen molar-refractivity contribution in [2.45, 2.75) is 33.7 Å². The lowest BCUT2D eigenvalue weighted by Crippen LogP contribution is -2.27. The average Bonchev–Trinajstić information content (AvgIpc) is 3.04. The number of ether oxygens (including phenoxy) is 2. The summed E-state index contributed by atoms with van der Waals surface area (Å²) in [5.41, 5.74) is 2.63. The molecule has 1 atom stereocenters. The number of aromatic nitrogens is 2. The minimum absolute atomic E-state index is 0.261. The average molecular weight is 428 g/mol. The van der Waals surface area contributed by atoms with E-state index in [1.54, 1.807) is 11.6 Å². The molecule has 0 aliphatic rings. The first-order valence-electron chi connectivity index (χ1n) is 9.97. The molecule has 0 bridgehead atoms. The monoisotopic (exact) mass is 427 g/mol. The zero-order valence-corrected chi connectivity index (χ0v) is 18.4. The third kappa shape index (κ3) is 4.60. The molecule has 1 heterocycles. The van der Waals surface area contributed by atoms with Crippen LogP contribution >= 0.6 is 11.6 Å². The summed E-state index contributed by atoms with van der Waals surface area (Å²) in [5.74, 6) is 1.06. The van der Waals surface area contributed by atoms with E-state index in [0.29, 0.717) is 36.0 Å². The van der Waals surface area contributed by atoms with Crippen LogP contribution in [0, 0.1) is 6.92 Å². The molecule has 0 aliphatic carbocycles. The Bertz CT molecular complexity index is 1020. The Labute approximate surface area is 181 Å². The number of rotatable bonds is 8. The van der Waals surface area contributed by atoms with Crippen LogP contribution < -0.4 is 14.8 Å². The molecule has 3 rings (SSSR count). The fourth-order valence-corrected chi connectivity index (χ4v) is 3.54. The van der Waals surface area contributed by atoms with E-state index in [9.17, 15) is 4.79 Å². The predicted octanol–water partition coefficient (Wildman–Crippen LogP) is 5.12. The first-order valence-corrected chi connectivity index (χ1v) is 10.3. The highest BCUT2D eigenvalue weighted by Crippen LogP contribution is 2.31. The van der Waals surface area contributed by atoms with E-state index in [0.717, 1.165) is 11.3 Å². The van der Waals surface area contributed by atoms with Gasteiger partial charge in [-0.3, -0.25) is 4.79 Å². The van der Waals surface area contributed by atoms with Gasteiger partial charge < -0.3 is 14.8 Å². The molecule has 158 valence electrons. The van der Waals surface area contributed by atoms with Gasteiger partial charge in [0.05, 0.1) is 36.2 Å². The van der Waals surface area contributed by atoms with Gasteiger partial charge in [0.15, 0.2) is 11.5 Å². The zero-order valence-electron chi connectivity index (χ0n) is 17.6. The van der Waals surface area contributed by atoms with E-state index in [1.807, 2.05) is 69.3 Å². The van der Waals surface area contributed by atoms with Crippen molar-refractivity contribution in [2.75, 3.05) is 13.2 Å². The molecule has 1 aromatic heterocycles. The van der Waals surface area contributed by atoms with Crippen molar-refractivity contribution >= 4 is 17.5 Å². The lowest BCUT2D eigenvalue weighted by molar-refractivity contribution is 0.0939. The second kappa shape index (κ2) is 9.67. The maximum Gasteiger partial charge on any atom is 0.256 e. The Hall–Kier alpha value is -2.99. The van der Waals surface area contributed by atoms with E-state index < -0.39 is 0 Å². The van der Waals surface area contributed by atoms with Gasteiger partial charge in [-0.05, 0) is 57.5 Å². The highest BCUT2D eigenvalue weighted by molar-refractivity contribution is 6.33. The Kier molecular flexibility index (Phi) is 7.00. The number of aryl methyl sites for hydroxylation is 1. The molecule has 1 unspecified atom stereocenters.